The lowest BCUT2D eigenvalue weighted by atomic mass is 10.2. The first kappa shape index (κ1) is 17.7. The fourth-order valence-corrected chi connectivity index (χ4v) is 4.33. The van der Waals surface area contributed by atoms with Gasteiger partial charge in [-0.05, 0) is 48.2 Å². The molecule has 0 fully saturated rings. The van der Waals surface area contributed by atoms with E-state index in [1.807, 2.05) is 69.8 Å². The van der Waals surface area contributed by atoms with Crippen LogP contribution in [-0.4, -0.2) is 25.2 Å². The Balaban J connectivity index is 1.50. The smallest absolute Gasteiger partial charge is 0.247 e. The quantitative estimate of drug-likeness (QED) is 0.470. The molecule has 3 aromatic heterocycles. The molecule has 5 nitrogen and oxygen atoms in total. The molecule has 4 heterocycles. The summed E-state index contributed by atoms with van der Waals surface area (Å²) in [7, 11) is 0. The predicted molar refractivity (Wildman–Crippen MR) is 115 cm³/mol. The topological polar surface area (TPSA) is 43.1 Å². The summed E-state index contributed by atoms with van der Waals surface area (Å²) < 4.78 is 4.08. The van der Waals surface area contributed by atoms with Crippen LogP contribution in [0.4, 0.5) is 0 Å². The van der Waals surface area contributed by atoms with Gasteiger partial charge < -0.3 is 9.47 Å². The summed E-state index contributed by atoms with van der Waals surface area (Å²) in [5.74, 6) is 1.01. The van der Waals surface area contributed by atoms with Crippen molar-refractivity contribution in [2.75, 3.05) is 0 Å². The van der Waals surface area contributed by atoms with Crippen LogP contribution in [0, 0.1) is 6.92 Å². The molecule has 0 saturated heterocycles. The fourth-order valence-electron chi connectivity index (χ4n) is 3.71. The lowest BCUT2D eigenvalue weighted by molar-refractivity contribution is -0.126. The zero-order chi connectivity index (χ0) is 19.8. The summed E-state index contributed by atoms with van der Waals surface area (Å²) >= 11 is 1.62. The maximum atomic E-state index is 12.7. The van der Waals surface area contributed by atoms with Crippen LogP contribution in [0.5, 0.6) is 0 Å². The van der Waals surface area contributed by atoms with Gasteiger partial charge in [-0.1, -0.05) is 24.3 Å². The highest BCUT2D eigenvalue weighted by Crippen LogP contribution is 2.31. The lowest BCUT2D eigenvalue weighted by Gasteiger charge is -2.16. The van der Waals surface area contributed by atoms with E-state index in [4.69, 9.17) is 5.10 Å². The molecule has 1 amide bonds. The van der Waals surface area contributed by atoms with Gasteiger partial charge in [-0.3, -0.25) is 4.79 Å². The summed E-state index contributed by atoms with van der Waals surface area (Å²) in [6.07, 6.45) is 7.58. The molecule has 6 heteroatoms. The molecular weight excluding hydrogens is 380 g/mol. The van der Waals surface area contributed by atoms with Gasteiger partial charge in [0.05, 0.1) is 24.5 Å². The van der Waals surface area contributed by atoms with Gasteiger partial charge >= 0.3 is 0 Å². The van der Waals surface area contributed by atoms with Gasteiger partial charge in [-0.15, -0.1) is 11.3 Å². The number of nitrogens with zero attached hydrogens (tertiary/aromatic N) is 4. The van der Waals surface area contributed by atoms with Crippen molar-refractivity contribution >= 4 is 23.3 Å². The van der Waals surface area contributed by atoms with E-state index in [2.05, 4.69) is 23.6 Å². The van der Waals surface area contributed by atoms with E-state index >= 15 is 0 Å². The number of hydrogen-bond acceptors (Lipinski definition) is 3. The van der Waals surface area contributed by atoms with Crippen LogP contribution in [0.25, 0.3) is 17.6 Å². The second-order valence-electron chi connectivity index (χ2n) is 7.08. The van der Waals surface area contributed by atoms with Crippen LogP contribution in [0.15, 0.2) is 72.4 Å². The van der Waals surface area contributed by atoms with E-state index in [-0.39, 0.29) is 5.91 Å². The van der Waals surface area contributed by atoms with Crippen LogP contribution < -0.4 is 0 Å². The highest BCUT2D eigenvalue weighted by molar-refractivity contribution is 7.10. The SMILES string of the molecule is Cc1ccccc1-n1nc2c(c1-n1cccc1)CN(C(=O)/C=C/c1cccs1)C2. The number of carbonyl (C=O) groups is 1. The minimum absolute atomic E-state index is 0.0114. The lowest BCUT2D eigenvalue weighted by Crippen LogP contribution is -2.24. The number of fused-ring (bicyclic) bond motifs is 1. The normalized spacial score (nSPS) is 13.3. The molecular formula is C23H20N4OS. The number of carbonyl (C=O) groups excluding carboxylic acids is 1. The number of amides is 1. The summed E-state index contributed by atoms with van der Waals surface area (Å²) in [5, 5.41) is 6.91. The van der Waals surface area contributed by atoms with Crippen molar-refractivity contribution in [1.29, 1.82) is 0 Å². The van der Waals surface area contributed by atoms with Crippen LogP contribution >= 0.6 is 11.3 Å². The van der Waals surface area contributed by atoms with E-state index in [1.54, 1.807) is 17.4 Å². The number of benzene rings is 1. The Morgan fingerprint density at radius 1 is 1.07 bits per heavy atom. The minimum atomic E-state index is 0.0114. The van der Waals surface area contributed by atoms with Crippen molar-refractivity contribution in [1.82, 2.24) is 19.2 Å². The second-order valence-corrected chi connectivity index (χ2v) is 8.06. The standard InChI is InChI=1S/C23H20N4OS/c1-17-7-2-3-9-21(17)27-23(25-12-4-5-13-25)19-15-26(16-20(19)24-27)22(28)11-10-18-8-6-14-29-18/h2-14H,15-16H2,1H3/b11-10+. The Labute approximate surface area is 173 Å². The Kier molecular flexibility index (Phi) is 4.41. The van der Waals surface area contributed by atoms with Crippen molar-refractivity contribution in [3.63, 3.8) is 0 Å². The molecule has 0 spiro atoms. The molecule has 0 aliphatic carbocycles. The highest BCUT2D eigenvalue weighted by Gasteiger charge is 2.30. The molecule has 0 N–H and O–H groups in total. The largest absolute Gasteiger partial charge is 0.329 e. The van der Waals surface area contributed by atoms with Gasteiger partial charge in [-0.25, -0.2) is 4.68 Å². The van der Waals surface area contributed by atoms with Crippen molar-refractivity contribution in [3.8, 4) is 11.5 Å². The van der Waals surface area contributed by atoms with Crippen molar-refractivity contribution in [2.45, 2.75) is 20.0 Å². The third-order valence-electron chi connectivity index (χ3n) is 5.17. The van der Waals surface area contributed by atoms with Crippen molar-refractivity contribution < 1.29 is 4.79 Å². The Hall–Kier alpha value is -3.38. The average molecular weight is 401 g/mol. The molecule has 1 aliphatic heterocycles. The van der Waals surface area contributed by atoms with Crippen molar-refractivity contribution in [3.05, 3.63) is 94.1 Å². The maximum absolute atomic E-state index is 12.7. The zero-order valence-electron chi connectivity index (χ0n) is 16.0. The van der Waals surface area contributed by atoms with Gasteiger partial charge in [-0.2, -0.15) is 5.10 Å². The molecule has 144 valence electrons. The molecule has 29 heavy (non-hydrogen) atoms. The number of aryl methyl sites for hydroxylation is 1. The van der Waals surface area contributed by atoms with E-state index in [1.165, 1.54) is 0 Å². The molecule has 5 rings (SSSR count). The molecule has 1 aliphatic rings. The summed E-state index contributed by atoms with van der Waals surface area (Å²) in [6, 6.07) is 16.2. The van der Waals surface area contributed by atoms with E-state index in [0.29, 0.717) is 13.1 Å². The first-order valence-corrected chi connectivity index (χ1v) is 10.4. The third-order valence-corrected chi connectivity index (χ3v) is 6.00. The third kappa shape index (κ3) is 3.21. The van der Waals surface area contributed by atoms with E-state index in [0.717, 1.165) is 33.2 Å². The second kappa shape index (κ2) is 7.22. The maximum Gasteiger partial charge on any atom is 0.247 e. The van der Waals surface area contributed by atoms with E-state index < -0.39 is 0 Å². The van der Waals surface area contributed by atoms with Gasteiger partial charge in [0.15, 0.2) is 0 Å². The molecule has 0 bridgehead atoms. The number of thiophene rings is 1. The first-order valence-electron chi connectivity index (χ1n) is 9.51. The molecule has 0 radical (unpaired) electrons. The van der Waals surface area contributed by atoms with Gasteiger partial charge in [0.1, 0.15) is 5.82 Å². The Morgan fingerprint density at radius 2 is 1.90 bits per heavy atom. The number of para-hydroxylation sites is 1. The molecule has 4 aromatic rings. The molecule has 0 atom stereocenters. The minimum Gasteiger partial charge on any atom is -0.329 e. The number of rotatable bonds is 4. The number of hydrogen-bond donors (Lipinski definition) is 0. The summed E-state index contributed by atoms with van der Waals surface area (Å²) in [4.78, 5) is 15.6. The average Bonchev–Trinajstić information content (AvgIpc) is 3.50. The predicted octanol–water partition coefficient (Wildman–Crippen LogP) is 4.59. The Bertz CT molecular complexity index is 1190. The summed E-state index contributed by atoms with van der Waals surface area (Å²) in [6.45, 7) is 3.17. The van der Waals surface area contributed by atoms with Gasteiger partial charge in [0, 0.05) is 28.9 Å². The zero-order valence-corrected chi connectivity index (χ0v) is 16.8. The number of aromatic nitrogens is 3. The van der Waals surface area contributed by atoms with Crippen LogP contribution in [0.2, 0.25) is 0 Å². The Morgan fingerprint density at radius 3 is 2.66 bits per heavy atom. The van der Waals surface area contributed by atoms with E-state index in [9.17, 15) is 4.79 Å². The molecule has 0 unspecified atom stereocenters. The molecule has 1 aromatic carbocycles. The van der Waals surface area contributed by atoms with Gasteiger partial charge in [0.25, 0.3) is 0 Å². The van der Waals surface area contributed by atoms with Crippen LogP contribution in [0.1, 0.15) is 21.7 Å². The van der Waals surface area contributed by atoms with Gasteiger partial charge in [0.2, 0.25) is 5.91 Å². The monoisotopic (exact) mass is 400 g/mol. The highest BCUT2D eigenvalue weighted by atomic mass is 32.1. The van der Waals surface area contributed by atoms with Crippen molar-refractivity contribution in [2.24, 2.45) is 0 Å². The summed E-state index contributed by atoms with van der Waals surface area (Å²) in [5.41, 5.74) is 4.27. The van der Waals surface area contributed by atoms with Crippen LogP contribution in [0.3, 0.4) is 0 Å². The first-order chi connectivity index (χ1) is 14.2. The van der Waals surface area contributed by atoms with Crippen LogP contribution in [-0.2, 0) is 17.9 Å². The fraction of sp³-hybridized carbons (Fsp3) is 0.130. The molecule has 0 saturated carbocycles.